The number of allylic oxidation sites excluding steroid dienone is 5. The molecular weight excluding hydrogens is 768 g/mol. The Balaban J connectivity index is 4.20. The van der Waals surface area contributed by atoms with Crippen molar-refractivity contribution in [3.05, 3.63) is 36.5 Å². The van der Waals surface area contributed by atoms with E-state index in [-0.39, 0.29) is 12.5 Å². The van der Waals surface area contributed by atoms with E-state index in [9.17, 15) is 19.4 Å². The number of unbranched alkanes of at least 4 members (excludes halogenated alkanes) is 29. The molecule has 3 atom stereocenters. The van der Waals surface area contributed by atoms with Gasteiger partial charge < -0.3 is 28.8 Å². The van der Waals surface area contributed by atoms with Crippen molar-refractivity contribution in [2.24, 2.45) is 0 Å². The van der Waals surface area contributed by atoms with E-state index >= 15 is 0 Å². The van der Waals surface area contributed by atoms with Crippen LogP contribution in [0.25, 0.3) is 0 Å². The molecule has 0 saturated heterocycles. The number of aliphatic hydroxyl groups is 1. The summed E-state index contributed by atoms with van der Waals surface area (Å²) in [6, 6.07) is -0.906. The van der Waals surface area contributed by atoms with Crippen molar-refractivity contribution in [3.63, 3.8) is 0 Å². The molecule has 0 fully saturated rings. The Hall–Kier alpha value is -1.28. The van der Waals surface area contributed by atoms with E-state index in [0.717, 1.165) is 51.4 Å². The van der Waals surface area contributed by atoms with Crippen LogP contribution in [0.3, 0.4) is 0 Å². The monoisotopic (exact) mass is 867 g/mol. The van der Waals surface area contributed by atoms with E-state index in [4.69, 9.17) is 9.05 Å². The predicted molar refractivity (Wildman–Crippen MR) is 256 cm³/mol. The van der Waals surface area contributed by atoms with Crippen LogP contribution in [-0.4, -0.2) is 68.5 Å². The summed E-state index contributed by atoms with van der Waals surface area (Å²) in [5, 5.41) is 13.8. The van der Waals surface area contributed by atoms with Crippen LogP contribution in [0, 0.1) is 0 Å². The zero-order chi connectivity index (χ0) is 44.3. The number of phosphoric acid groups is 1. The maximum atomic E-state index is 12.9. The van der Waals surface area contributed by atoms with Gasteiger partial charge in [0.05, 0.1) is 39.9 Å². The lowest BCUT2D eigenvalue weighted by atomic mass is 10.0. The molecule has 2 N–H and O–H groups in total. The number of phosphoric ester groups is 1. The molecule has 0 saturated carbocycles. The average Bonchev–Trinajstić information content (AvgIpc) is 3.20. The molecule has 0 rings (SSSR count). The van der Waals surface area contributed by atoms with Crippen molar-refractivity contribution in [1.29, 1.82) is 0 Å². The minimum Gasteiger partial charge on any atom is -0.756 e. The van der Waals surface area contributed by atoms with Gasteiger partial charge in [0.15, 0.2) is 0 Å². The number of hydrogen-bond acceptors (Lipinski definition) is 6. The van der Waals surface area contributed by atoms with Crippen molar-refractivity contribution in [3.8, 4) is 0 Å². The molecule has 0 aromatic rings. The number of nitrogens with zero attached hydrogens (tertiary/aromatic N) is 1. The van der Waals surface area contributed by atoms with Crippen molar-refractivity contribution in [1.82, 2.24) is 5.32 Å². The number of rotatable bonds is 46. The van der Waals surface area contributed by atoms with Gasteiger partial charge in [-0.2, -0.15) is 0 Å². The molecule has 0 aromatic heterocycles. The van der Waals surface area contributed by atoms with Crippen molar-refractivity contribution in [2.75, 3.05) is 40.9 Å². The summed E-state index contributed by atoms with van der Waals surface area (Å²) >= 11 is 0. The first-order valence-corrected chi connectivity index (χ1v) is 26.8. The number of carbonyl (C=O) groups excluding carboxylic acids is 1. The highest BCUT2D eigenvalue weighted by Gasteiger charge is 2.23. The third kappa shape index (κ3) is 44.8. The van der Waals surface area contributed by atoms with E-state index in [2.05, 4.69) is 43.5 Å². The van der Waals surface area contributed by atoms with Gasteiger partial charge in [-0.3, -0.25) is 9.36 Å². The summed E-state index contributed by atoms with van der Waals surface area (Å²) in [7, 11) is 1.24. The van der Waals surface area contributed by atoms with E-state index in [1.807, 2.05) is 27.2 Å². The molecule has 0 aliphatic carbocycles. The largest absolute Gasteiger partial charge is 0.756 e. The molecule has 0 aliphatic heterocycles. The van der Waals surface area contributed by atoms with Gasteiger partial charge in [0, 0.05) is 6.42 Å². The molecule has 1 amide bonds. The second-order valence-electron chi connectivity index (χ2n) is 18.5. The second kappa shape index (κ2) is 43.0. The van der Waals surface area contributed by atoms with Crippen LogP contribution in [0.4, 0.5) is 0 Å². The summed E-state index contributed by atoms with van der Waals surface area (Å²) in [6.07, 6.45) is 53.6. The summed E-state index contributed by atoms with van der Waals surface area (Å²) in [5.74, 6) is -0.209. The predicted octanol–water partition coefficient (Wildman–Crippen LogP) is 14.0. The first-order chi connectivity index (χ1) is 29.0. The second-order valence-corrected chi connectivity index (χ2v) is 19.9. The average molecular weight is 867 g/mol. The van der Waals surface area contributed by atoms with Crippen molar-refractivity contribution < 1.29 is 32.9 Å². The molecule has 60 heavy (non-hydrogen) atoms. The quantitative estimate of drug-likeness (QED) is 0.0273. The lowest BCUT2D eigenvalue weighted by Gasteiger charge is -2.29. The van der Waals surface area contributed by atoms with Crippen LogP contribution in [0.5, 0.6) is 0 Å². The SMILES string of the molecule is CCCCC/C=C/CC/C=C/CC/C=C/C(O)C(COP(=O)([O-])OCC[N+](C)(C)C)NC(=O)CCCCCCCCCCCCCCCCCCCCCCCCCCC. The summed E-state index contributed by atoms with van der Waals surface area (Å²) in [6.45, 7) is 4.60. The Morgan fingerprint density at radius 2 is 0.933 bits per heavy atom. The highest BCUT2D eigenvalue weighted by Crippen LogP contribution is 2.38. The fourth-order valence-corrected chi connectivity index (χ4v) is 8.03. The normalized spacial score (nSPS) is 14.4. The van der Waals surface area contributed by atoms with Crippen LogP contribution >= 0.6 is 7.82 Å². The van der Waals surface area contributed by atoms with Crippen LogP contribution in [0.2, 0.25) is 0 Å². The molecule has 9 heteroatoms. The van der Waals surface area contributed by atoms with Gasteiger partial charge in [0.1, 0.15) is 13.2 Å². The first kappa shape index (κ1) is 58.7. The molecule has 354 valence electrons. The summed E-state index contributed by atoms with van der Waals surface area (Å²) < 4.78 is 23.2. The molecule has 0 bridgehead atoms. The van der Waals surface area contributed by atoms with Crippen molar-refractivity contribution in [2.45, 2.75) is 244 Å². The number of aliphatic hydroxyl groups excluding tert-OH is 1. The number of amides is 1. The van der Waals surface area contributed by atoms with Gasteiger partial charge in [-0.25, -0.2) is 0 Å². The van der Waals surface area contributed by atoms with Crippen LogP contribution < -0.4 is 10.2 Å². The molecule has 0 spiro atoms. The zero-order valence-corrected chi connectivity index (χ0v) is 41.1. The van der Waals surface area contributed by atoms with Crippen LogP contribution in [0.15, 0.2) is 36.5 Å². The highest BCUT2D eigenvalue weighted by atomic mass is 31.2. The van der Waals surface area contributed by atoms with Gasteiger partial charge in [0.25, 0.3) is 7.82 Å². The van der Waals surface area contributed by atoms with Crippen LogP contribution in [0.1, 0.15) is 232 Å². The van der Waals surface area contributed by atoms with Gasteiger partial charge in [-0.05, 0) is 44.9 Å². The van der Waals surface area contributed by atoms with E-state index in [1.165, 1.54) is 161 Å². The fraction of sp³-hybridized carbons (Fsp3) is 0.863. The Morgan fingerprint density at radius 1 is 0.567 bits per heavy atom. The third-order valence-electron chi connectivity index (χ3n) is 11.3. The van der Waals surface area contributed by atoms with Crippen molar-refractivity contribution >= 4 is 13.7 Å². The lowest BCUT2D eigenvalue weighted by molar-refractivity contribution is -0.870. The molecule has 3 unspecified atom stereocenters. The summed E-state index contributed by atoms with van der Waals surface area (Å²) in [5.41, 5.74) is 0. The minimum absolute atomic E-state index is 0.00783. The fourth-order valence-electron chi connectivity index (χ4n) is 7.30. The minimum atomic E-state index is -4.60. The van der Waals surface area contributed by atoms with Gasteiger partial charge in [0.2, 0.25) is 5.91 Å². The first-order valence-electron chi connectivity index (χ1n) is 25.4. The number of hydrogen-bond donors (Lipinski definition) is 2. The maximum Gasteiger partial charge on any atom is 0.268 e. The molecule has 0 aliphatic rings. The van der Waals surface area contributed by atoms with Gasteiger partial charge in [-0.1, -0.05) is 217 Å². The third-order valence-corrected chi connectivity index (χ3v) is 12.3. The molecule has 0 heterocycles. The molecular formula is C51H99N2O6P. The van der Waals surface area contributed by atoms with Gasteiger partial charge in [-0.15, -0.1) is 0 Å². The van der Waals surface area contributed by atoms with E-state index in [0.29, 0.717) is 17.4 Å². The lowest BCUT2D eigenvalue weighted by Crippen LogP contribution is -2.45. The Bertz CT molecular complexity index is 1070. The maximum absolute atomic E-state index is 12.9. The van der Waals surface area contributed by atoms with E-state index in [1.54, 1.807) is 6.08 Å². The Kier molecular flexibility index (Phi) is 42.1. The topological polar surface area (TPSA) is 108 Å². The number of likely N-dealkylation sites (N-methyl/N-ethyl adjacent to an activating group) is 1. The zero-order valence-electron chi connectivity index (χ0n) is 40.2. The number of carbonyl (C=O) groups is 1. The standard InChI is InChI=1S/C51H99N2O6P/c1-6-8-10-12-14-16-18-20-21-22-23-24-25-26-27-28-29-30-31-33-35-37-39-41-43-45-51(55)52-49(48-59-60(56,57)58-47-46-53(3,4)5)50(54)44-42-40-38-36-34-32-19-17-15-13-11-9-7-2/h15,17,34,36,42,44,49-50,54H,6-14,16,18-33,35,37-41,43,45-48H2,1-5H3,(H-,52,55,56,57)/b17-15+,36-34+,44-42+. The molecule has 8 nitrogen and oxygen atoms in total. The van der Waals surface area contributed by atoms with Crippen LogP contribution in [-0.2, 0) is 18.4 Å². The highest BCUT2D eigenvalue weighted by molar-refractivity contribution is 7.45. The Morgan fingerprint density at radius 3 is 1.35 bits per heavy atom. The van der Waals surface area contributed by atoms with Gasteiger partial charge >= 0.3 is 0 Å². The molecule has 0 radical (unpaired) electrons. The Labute approximate surface area is 372 Å². The smallest absolute Gasteiger partial charge is 0.268 e. The number of nitrogens with one attached hydrogen (secondary N) is 1. The van der Waals surface area contributed by atoms with E-state index < -0.39 is 26.6 Å². The summed E-state index contributed by atoms with van der Waals surface area (Å²) in [4.78, 5) is 25.3. The molecule has 0 aromatic carbocycles. The number of quaternary nitrogens is 1.